The lowest BCUT2D eigenvalue weighted by Crippen LogP contribution is -1.88. The molecule has 1 aromatic carbocycles. The van der Waals surface area contributed by atoms with Crippen molar-refractivity contribution in [3.8, 4) is 27.7 Å². The lowest BCUT2D eigenvalue weighted by Gasteiger charge is -2.04. The van der Waals surface area contributed by atoms with Gasteiger partial charge in [-0.1, -0.05) is 12.1 Å². The smallest absolute Gasteiger partial charge is 0.183 e. The van der Waals surface area contributed by atoms with Gasteiger partial charge in [0.1, 0.15) is 22.1 Å². The fourth-order valence-electron chi connectivity index (χ4n) is 1.84. The Hall–Kier alpha value is -1.92. The summed E-state index contributed by atoms with van der Waals surface area (Å²) < 4.78 is 5.38. The maximum atomic E-state index is 5.38. The van der Waals surface area contributed by atoms with E-state index in [9.17, 15) is 0 Å². The fourth-order valence-corrected chi connectivity index (χ4v) is 3.35. The van der Waals surface area contributed by atoms with Crippen molar-refractivity contribution in [2.24, 2.45) is 0 Å². The van der Waals surface area contributed by atoms with Gasteiger partial charge in [0.15, 0.2) is 5.13 Å². The molecule has 0 spiro atoms. The minimum atomic E-state index is 0.836. The van der Waals surface area contributed by atoms with Crippen molar-refractivity contribution in [2.75, 3.05) is 19.5 Å². The summed E-state index contributed by atoms with van der Waals surface area (Å²) in [5, 5.41) is 8.90. The summed E-state index contributed by atoms with van der Waals surface area (Å²) in [6.07, 6.45) is 0. The molecule has 20 heavy (non-hydrogen) atoms. The minimum Gasteiger partial charge on any atom is -0.496 e. The number of hydrogen-bond acceptors (Lipinski definition) is 6. The number of ether oxygens (including phenoxy) is 1. The van der Waals surface area contributed by atoms with E-state index in [4.69, 9.17) is 4.74 Å². The van der Waals surface area contributed by atoms with Crippen molar-refractivity contribution in [3.05, 3.63) is 35.0 Å². The number of benzene rings is 1. The maximum absolute atomic E-state index is 5.38. The maximum Gasteiger partial charge on any atom is 0.183 e. The molecule has 6 heteroatoms. The number of hydrogen-bond donors (Lipinski definition) is 1. The molecule has 0 amide bonds. The van der Waals surface area contributed by atoms with Gasteiger partial charge in [0.2, 0.25) is 0 Å². The van der Waals surface area contributed by atoms with Gasteiger partial charge in [-0.05, 0) is 12.1 Å². The summed E-state index contributed by atoms with van der Waals surface area (Å²) in [6, 6.07) is 7.90. The van der Waals surface area contributed by atoms with Gasteiger partial charge < -0.3 is 10.1 Å². The van der Waals surface area contributed by atoms with Gasteiger partial charge in [0, 0.05) is 17.8 Å². The largest absolute Gasteiger partial charge is 0.496 e. The molecule has 0 atom stereocenters. The Morgan fingerprint density at radius 1 is 1.05 bits per heavy atom. The molecule has 102 valence electrons. The van der Waals surface area contributed by atoms with E-state index in [0.717, 1.165) is 32.8 Å². The van der Waals surface area contributed by atoms with Crippen LogP contribution in [0.1, 0.15) is 0 Å². The Morgan fingerprint density at radius 3 is 2.55 bits per heavy atom. The summed E-state index contributed by atoms with van der Waals surface area (Å²) >= 11 is 3.17. The SMILES string of the molecule is CNc1nc(-c2csc(-c3ccccc3OC)n2)cs1. The van der Waals surface area contributed by atoms with E-state index in [1.807, 2.05) is 42.1 Å². The topological polar surface area (TPSA) is 47.0 Å². The molecule has 0 radical (unpaired) electrons. The molecule has 4 nitrogen and oxygen atoms in total. The monoisotopic (exact) mass is 303 g/mol. The van der Waals surface area contributed by atoms with Gasteiger partial charge >= 0.3 is 0 Å². The van der Waals surface area contributed by atoms with Crippen LogP contribution in [0.2, 0.25) is 0 Å². The van der Waals surface area contributed by atoms with Crippen LogP contribution in [0.4, 0.5) is 5.13 Å². The lowest BCUT2D eigenvalue weighted by molar-refractivity contribution is 0.416. The molecular formula is C14H13N3OS2. The lowest BCUT2D eigenvalue weighted by atomic mass is 10.2. The molecule has 0 aliphatic heterocycles. The Kier molecular flexibility index (Phi) is 3.66. The molecule has 0 fully saturated rings. The highest BCUT2D eigenvalue weighted by Crippen LogP contribution is 2.34. The minimum absolute atomic E-state index is 0.836. The average Bonchev–Trinajstić information content (AvgIpc) is 3.15. The van der Waals surface area contributed by atoms with Crippen LogP contribution in [0.3, 0.4) is 0 Å². The summed E-state index contributed by atoms with van der Waals surface area (Å²) in [4.78, 5) is 9.13. The Labute approximate surface area is 125 Å². The predicted octanol–water partition coefficient (Wildman–Crippen LogP) is 3.98. The number of methoxy groups -OCH3 is 1. The van der Waals surface area contributed by atoms with Crippen molar-refractivity contribution in [1.29, 1.82) is 0 Å². The normalized spacial score (nSPS) is 10.5. The van der Waals surface area contributed by atoms with E-state index in [0.29, 0.717) is 0 Å². The van der Waals surface area contributed by atoms with Gasteiger partial charge in [-0.15, -0.1) is 22.7 Å². The molecule has 0 unspecified atom stereocenters. The third-order valence-corrected chi connectivity index (χ3v) is 4.56. The third kappa shape index (κ3) is 2.39. The molecule has 3 rings (SSSR count). The highest BCUT2D eigenvalue weighted by Gasteiger charge is 2.12. The number of aromatic nitrogens is 2. The van der Waals surface area contributed by atoms with Crippen LogP contribution in [-0.2, 0) is 0 Å². The van der Waals surface area contributed by atoms with E-state index < -0.39 is 0 Å². The van der Waals surface area contributed by atoms with Crippen LogP contribution < -0.4 is 10.1 Å². The number of para-hydroxylation sites is 1. The molecular weight excluding hydrogens is 290 g/mol. The van der Waals surface area contributed by atoms with E-state index in [1.165, 1.54) is 0 Å². The van der Waals surface area contributed by atoms with Crippen LogP contribution >= 0.6 is 22.7 Å². The fraction of sp³-hybridized carbons (Fsp3) is 0.143. The van der Waals surface area contributed by atoms with Crippen molar-refractivity contribution in [2.45, 2.75) is 0 Å². The average molecular weight is 303 g/mol. The first-order chi connectivity index (χ1) is 9.81. The van der Waals surface area contributed by atoms with E-state index in [1.54, 1.807) is 29.8 Å². The molecule has 2 aromatic heterocycles. The third-order valence-electron chi connectivity index (χ3n) is 2.82. The Balaban J connectivity index is 1.97. The zero-order chi connectivity index (χ0) is 13.9. The van der Waals surface area contributed by atoms with Gasteiger partial charge in [0.05, 0.1) is 12.7 Å². The van der Waals surface area contributed by atoms with Crippen LogP contribution in [0.5, 0.6) is 5.75 Å². The van der Waals surface area contributed by atoms with Crippen molar-refractivity contribution in [3.63, 3.8) is 0 Å². The van der Waals surface area contributed by atoms with Gasteiger partial charge in [-0.3, -0.25) is 0 Å². The molecule has 2 heterocycles. The predicted molar refractivity (Wildman–Crippen MR) is 84.8 cm³/mol. The number of anilines is 1. The molecule has 0 bridgehead atoms. The van der Waals surface area contributed by atoms with Crippen molar-refractivity contribution in [1.82, 2.24) is 9.97 Å². The molecule has 0 aliphatic rings. The number of rotatable bonds is 4. The number of nitrogens with zero attached hydrogens (tertiary/aromatic N) is 2. The van der Waals surface area contributed by atoms with E-state index >= 15 is 0 Å². The summed E-state index contributed by atoms with van der Waals surface area (Å²) in [6.45, 7) is 0. The van der Waals surface area contributed by atoms with E-state index in [2.05, 4.69) is 15.3 Å². The Bertz CT molecular complexity index is 721. The Morgan fingerprint density at radius 2 is 1.80 bits per heavy atom. The van der Waals surface area contributed by atoms with Gasteiger partial charge in [-0.25, -0.2) is 9.97 Å². The van der Waals surface area contributed by atoms with Gasteiger partial charge in [-0.2, -0.15) is 0 Å². The molecule has 0 aliphatic carbocycles. The molecule has 3 aromatic rings. The molecule has 1 N–H and O–H groups in total. The second-order valence-electron chi connectivity index (χ2n) is 4.03. The van der Waals surface area contributed by atoms with Crippen molar-refractivity contribution >= 4 is 27.8 Å². The first-order valence-corrected chi connectivity index (χ1v) is 7.80. The molecule has 0 saturated heterocycles. The zero-order valence-electron chi connectivity index (χ0n) is 11.1. The first-order valence-electron chi connectivity index (χ1n) is 6.04. The zero-order valence-corrected chi connectivity index (χ0v) is 12.7. The molecule has 0 saturated carbocycles. The number of thiazole rings is 2. The second kappa shape index (κ2) is 5.60. The quantitative estimate of drug-likeness (QED) is 0.792. The van der Waals surface area contributed by atoms with Crippen LogP contribution in [-0.4, -0.2) is 24.1 Å². The first kappa shape index (κ1) is 13.1. The second-order valence-corrected chi connectivity index (χ2v) is 5.74. The highest BCUT2D eigenvalue weighted by atomic mass is 32.1. The van der Waals surface area contributed by atoms with Crippen molar-refractivity contribution < 1.29 is 4.74 Å². The standard InChI is InChI=1S/C14H13N3OS2/c1-15-14-17-11(8-20-14)10-7-19-13(16-10)9-5-3-4-6-12(9)18-2/h3-8H,1-2H3,(H,15,17). The number of nitrogens with one attached hydrogen (secondary N) is 1. The van der Waals surface area contributed by atoms with Crippen LogP contribution in [0.25, 0.3) is 22.0 Å². The van der Waals surface area contributed by atoms with Crippen LogP contribution in [0.15, 0.2) is 35.0 Å². The van der Waals surface area contributed by atoms with Crippen LogP contribution in [0, 0.1) is 0 Å². The van der Waals surface area contributed by atoms with Gasteiger partial charge in [0.25, 0.3) is 0 Å². The highest BCUT2D eigenvalue weighted by molar-refractivity contribution is 7.14. The summed E-state index contributed by atoms with van der Waals surface area (Å²) in [5.41, 5.74) is 2.81. The summed E-state index contributed by atoms with van der Waals surface area (Å²) in [5.74, 6) is 0.836. The van der Waals surface area contributed by atoms with E-state index in [-0.39, 0.29) is 0 Å². The summed E-state index contributed by atoms with van der Waals surface area (Å²) in [7, 11) is 3.54.